The minimum absolute atomic E-state index is 0.334. The predicted octanol–water partition coefficient (Wildman–Crippen LogP) is 0.794. The van der Waals surface area contributed by atoms with Gasteiger partial charge in [-0.05, 0) is 13.8 Å². The van der Waals surface area contributed by atoms with Crippen molar-refractivity contribution < 1.29 is 9.47 Å². The van der Waals surface area contributed by atoms with Crippen LogP contribution in [0, 0.1) is 0 Å². The topological polar surface area (TPSA) is 37.0 Å². The van der Waals surface area contributed by atoms with Crippen LogP contribution in [0.4, 0.5) is 0 Å². The first kappa shape index (κ1) is 17.2. The zero-order chi connectivity index (χ0) is 15.2. The van der Waals surface area contributed by atoms with Crippen LogP contribution in [0.3, 0.4) is 0 Å². The third kappa shape index (κ3) is 5.49. The van der Waals surface area contributed by atoms with Crippen LogP contribution < -0.4 is 5.32 Å². The molecule has 124 valence electrons. The van der Waals surface area contributed by atoms with E-state index in [-0.39, 0.29) is 0 Å². The standard InChI is InChI=1S/C16H33N3O2/c1-13(2)17-9-15-12-20-7-5-19(15)11-16-10-18(14(3)4)6-8-21-16/h13-17H,5-12H2,1-4H3. The Kier molecular flexibility index (Phi) is 6.89. The molecule has 0 radical (unpaired) electrons. The highest BCUT2D eigenvalue weighted by atomic mass is 16.5. The summed E-state index contributed by atoms with van der Waals surface area (Å²) in [4.78, 5) is 5.07. The smallest absolute Gasteiger partial charge is 0.0829 e. The van der Waals surface area contributed by atoms with Crippen molar-refractivity contribution in [3.05, 3.63) is 0 Å². The fraction of sp³-hybridized carbons (Fsp3) is 1.00. The van der Waals surface area contributed by atoms with Gasteiger partial charge in [0, 0.05) is 50.8 Å². The first-order valence-corrected chi connectivity index (χ1v) is 8.47. The van der Waals surface area contributed by atoms with Gasteiger partial charge in [-0.3, -0.25) is 9.80 Å². The lowest BCUT2D eigenvalue weighted by atomic mass is 10.1. The van der Waals surface area contributed by atoms with Crippen LogP contribution in [0.5, 0.6) is 0 Å². The van der Waals surface area contributed by atoms with E-state index in [4.69, 9.17) is 9.47 Å². The average molecular weight is 299 g/mol. The molecule has 2 aliphatic heterocycles. The van der Waals surface area contributed by atoms with Crippen LogP contribution in [0.1, 0.15) is 27.7 Å². The quantitative estimate of drug-likeness (QED) is 0.785. The van der Waals surface area contributed by atoms with Crippen molar-refractivity contribution in [3.8, 4) is 0 Å². The Hall–Kier alpha value is -0.200. The van der Waals surface area contributed by atoms with Gasteiger partial charge >= 0.3 is 0 Å². The predicted molar refractivity (Wildman–Crippen MR) is 85.8 cm³/mol. The molecule has 0 aromatic carbocycles. The summed E-state index contributed by atoms with van der Waals surface area (Å²) in [7, 11) is 0. The molecule has 0 bridgehead atoms. The summed E-state index contributed by atoms with van der Waals surface area (Å²) in [5.74, 6) is 0. The van der Waals surface area contributed by atoms with E-state index in [1.165, 1.54) is 0 Å². The minimum atomic E-state index is 0.334. The zero-order valence-corrected chi connectivity index (χ0v) is 14.2. The van der Waals surface area contributed by atoms with Crippen LogP contribution in [0.2, 0.25) is 0 Å². The zero-order valence-electron chi connectivity index (χ0n) is 14.2. The molecule has 5 heteroatoms. The third-order valence-electron chi connectivity index (χ3n) is 4.45. The lowest BCUT2D eigenvalue weighted by Gasteiger charge is -2.41. The lowest BCUT2D eigenvalue weighted by molar-refractivity contribution is -0.0777. The molecule has 0 aromatic rings. The molecule has 21 heavy (non-hydrogen) atoms. The maximum atomic E-state index is 5.99. The molecule has 5 nitrogen and oxygen atoms in total. The lowest BCUT2D eigenvalue weighted by Crippen LogP contribution is -2.56. The second-order valence-corrected chi connectivity index (χ2v) is 6.87. The number of hydrogen-bond acceptors (Lipinski definition) is 5. The Balaban J connectivity index is 1.83. The van der Waals surface area contributed by atoms with Gasteiger partial charge < -0.3 is 14.8 Å². The van der Waals surface area contributed by atoms with Gasteiger partial charge in [-0.25, -0.2) is 0 Å². The van der Waals surface area contributed by atoms with Crippen LogP contribution in [0.15, 0.2) is 0 Å². The molecule has 0 aromatic heterocycles. The fourth-order valence-electron chi connectivity index (χ4n) is 3.07. The van der Waals surface area contributed by atoms with E-state index in [0.29, 0.717) is 24.2 Å². The molecule has 2 fully saturated rings. The number of morpholine rings is 2. The fourth-order valence-corrected chi connectivity index (χ4v) is 3.07. The molecule has 0 amide bonds. The summed E-state index contributed by atoms with van der Waals surface area (Å²) >= 11 is 0. The molecule has 2 atom stereocenters. The minimum Gasteiger partial charge on any atom is -0.378 e. The van der Waals surface area contributed by atoms with Gasteiger partial charge in [-0.15, -0.1) is 0 Å². The van der Waals surface area contributed by atoms with Gasteiger partial charge in [0.1, 0.15) is 0 Å². The molecule has 2 saturated heterocycles. The Morgan fingerprint density at radius 3 is 2.67 bits per heavy atom. The largest absolute Gasteiger partial charge is 0.378 e. The number of rotatable bonds is 6. The summed E-state index contributed by atoms with van der Waals surface area (Å²) in [6.45, 7) is 16.6. The molecule has 2 heterocycles. The summed E-state index contributed by atoms with van der Waals surface area (Å²) < 4.78 is 11.7. The number of nitrogens with one attached hydrogen (secondary N) is 1. The summed E-state index contributed by atoms with van der Waals surface area (Å²) in [6.07, 6.45) is 0.334. The Morgan fingerprint density at radius 1 is 1.14 bits per heavy atom. The van der Waals surface area contributed by atoms with E-state index < -0.39 is 0 Å². The Labute approximate surface area is 129 Å². The number of nitrogens with zero attached hydrogens (tertiary/aromatic N) is 2. The van der Waals surface area contributed by atoms with E-state index >= 15 is 0 Å². The van der Waals surface area contributed by atoms with E-state index in [2.05, 4.69) is 42.8 Å². The van der Waals surface area contributed by atoms with Gasteiger partial charge in [-0.2, -0.15) is 0 Å². The average Bonchev–Trinajstić information content (AvgIpc) is 2.46. The summed E-state index contributed by atoms with van der Waals surface area (Å²) in [6, 6.07) is 1.61. The van der Waals surface area contributed by atoms with Crippen molar-refractivity contribution in [1.29, 1.82) is 0 Å². The highest BCUT2D eigenvalue weighted by molar-refractivity contribution is 4.83. The molecular formula is C16H33N3O2. The maximum absolute atomic E-state index is 5.99. The highest BCUT2D eigenvalue weighted by Gasteiger charge is 2.29. The Bertz CT molecular complexity index is 299. The first-order chi connectivity index (χ1) is 10.1. The van der Waals surface area contributed by atoms with Crippen molar-refractivity contribution in [1.82, 2.24) is 15.1 Å². The first-order valence-electron chi connectivity index (χ1n) is 8.47. The number of hydrogen-bond donors (Lipinski definition) is 1. The monoisotopic (exact) mass is 299 g/mol. The third-order valence-corrected chi connectivity index (χ3v) is 4.45. The van der Waals surface area contributed by atoms with Crippen LogP contribution in [0.25, 0.3) is 0 Å². The Morgan fingerprint density at radius 2 is 1.95 bits per heavy atom. The molecule has 0 aliphatic carbocycles. The van der Waals surface area contributed by atoms with Crippen molar-refractivity contribution >= 4 is 0 Å². The van der Waals surface area contributed by atoms with Crippen molar-refractivity contribution in [3.63, 3.8) is 0 Å². The molecule has 2 aliphatic rings. The van der Waals surface area contributed by atoms with E-state index in [9.17, 15) is 0 Å². The SMILES string of the molecule is CC(C)NCC1COCCN1CC1CN(C(C)C)CCO1. The van der Waals surface area contributed by atoms with Gasteiger partial charge in [0.25, 0.3) is 0 Å². The van der Waals surface area contributed by atoms with Crippen LogP contribution in [-0.2, 0) is 9.47 Å². The molecule has 0 spiro atoms. The van der Waals surface area contributed by atoms with Crippen LogP contribution >= 0.6 is 0 Å². The van der Waals surface area contributed by atoms with Gasteiger partial charge in [0.15, 0.2) is 0 Å². The summed E-state index contributed by atoms with van der Waals surface area (Å²) in [5.41, 5.74) is 0. The van der Waals surface area contributed by atoms with Crippen molar-refractivity contribution in [2.75, 3.05) is 52.5 Å². The molecule has 1 N–H and O–H groups in total. The van der Waals surface area contributed by atoms with Crippen molar-refractivity contribution in [2.45, 2.75) is 51.9 Å². The van der Waals surface area contributed by atoms with Crippen LogP contribution in [-0.4, -0.2) is 86.6 Å². The van der Waals surface area contributed by atoms with E-state index in [0.717, 1.165) is 52.5 Å². The maximum Gasteiger partial charge on any atom is 0.0829 e. The van der Waals surface area contributed by atoms with Gasteiger partial charge in [0.2, 0.25) is 0 Å². The number of ether oxygens (including phenoxy) is 2. The normalized spacial score (nSPS) is 29.4. The van der Waals surface area contributed by atoms with Gasteiger partial charge in [-0.1, -0.05) is 13.8 Å². The summed E-state index contributed by atoms with van der Waals surface area (Å²) in [5, 5.41) is 3.54. The van der Waals surface area contributed by atoms with E-state index in [1.807, 2.05) is 0 Å². The second kappa shape index (κ2) is 8.44. The highest BCUT2D eigenvalue weighted by Crippen LogP contribution is 2.13. The van der Waals surface area contributed by atoms with E-state index in [1.54, 1.807) is 0 Å². The van der Waals surface area contributed by atoms with Gasteiger partial charge in [0.05, 0.1) is 25.9 Å². The second-order valence-electron chi connectivity index (χ2n) is 6.87. The molecule has 0 saturated carbocycles. The molecular weight excluding hydrogens is 266 g/mol. The molecule has 2 unspecified atom stereocenters. The van der Waals surface area contributed by atoms with Crippen molar-refractivity contribution in [2.24, 2.45) is 0 Å². The molecule has 2 rings (SSSR count).